The standard InChI is InChI=1S/C6H13O5PSi/c1-13(2,3)11-6(7)4-5-10-12(8)9/h4-5H2,1-3H3/p+1. The van der Waals surface area contributed by atoms with Crippen LogP contribution in [0.2, 0.25) is 19.6 Å². The molecule has 1 unspecified atom stereocenters. The smallest absolute Gasteiger partial charge is 0.520 e. The molecule has 0 fully saturated rings. The lowest BCUT2D eigenvalue weighted by Gasteiger charge is -2.16. The molecule has 0 aliphatic rings. The van der Waals surface area contributed by atoms with Crippen molar-refractivity contribution in [2.24, 2.45) is 0 Å². The van der Waals surface area contributed by atoms with E-state index in [4.69, 9.17) is 9.32 Å². The van der Waals surface area contributed by atoms with Crippen molar-refractivity contribution in [3.8, 4) is 0 Å². The molecule has 0 aliphatic carbocycles. The minimum absolute atomic E-state index is 0.0197. The van der Waals surface area contributed by atoms with Crippen LogP contribution in [0.3, 0.4) is 0 Å². The predicted octanol–water partition coefficient (Wildman–Crippen LogP) is 1.42. The van der Waals surface area contributed by atoms with Crippen LogP contribution in [0, 0.1) is 0 Å². The SMILES string of the molecule is C[Si](C)(C)OC(=O)CCO[P+](=O)O. The van der Waals surface area contributed by atoms with Gasteiger partial charge in [-0.1, -0.05) is 0 Å². The van der Waals surface area contributed by atoms with Gasteiger partial charge in [-0.05, 0) is 19.6 Å². The van der Waals surface area contributed by atoms with Crippen LogP contribution in [-0.2, 0) is 18.3 Å². The van der Waals surface area contributed by atoms with Crippen LogP contribution in [0.25, 0.3) is 0 Å². The highest BCUT2D eigenvalue weighted by molar-refractivity contribution is 7.32. The zero-order valence-electron chi connectivity index (χ0n) is 7.94. The first kappa shape index (κ1) is 12.7. The lowest BCUT2D eigenvalue weighted by molar-refractivity contribution is -0.135. The largest absolute Gasteiger partial charge is 0.694 e. The monoisotopic (exact) mass is 225 g/mol. The summed E-state index contributed by atoms with van der Waals surface area (Å²) < 4.78 is 19.4. The van der Waals surface area contributed by atoms with Crippen LogP contribution < -0.4 is 0 Å². The van der Waals surface area contributed by atoms with Gasteiger partial charge in [0.05, 0.1) is 6.42 Å². The van der Waals surface area contributed by atoms with E-state index < -0.39 is 16.6 Å². The van der Waals surface area contributed by atoms with E-state index in [0.29, 0.717) is 0 Å². The van der Waals surface area contributed by atoms with Crippen molar-refractivity contribution < 1.29 is 23.2 Å². The Morgan fingerprint density at radius 2 is 2.00 bits per heavy atom. The van der Waals surface area contributed by atoms with E-state index in [-0.39, 0.29) is 19.0 Å². The maximum Gasteiger partial charge on any atom is 0.694 e. The van der Waals surface area contributed by atoms with E-state index in [1.165, 1.54) is 0 Å². The van der Waals surface area contributed by atoms with Crippen LogP contribution in [0.1, 0.15) is 6.42 Å². The Hall–Kier alpha value is -0.293. The highest BCUT2D eigenvalue weighted by Gasteiger charge is 2.21. The van der Waals surface area contributed by atoms with Gasteiger partial charge < -0.3 is 4.43 Å². The zero-order chi connectivity index (χ0) is 10.5. The van der Waals surface area contributed by atoms with Gasteiger partial charge in [0.25, 0.3) is 5.97 Å². The molecule has 0 aromatic rings. The Morgan fingerprint density at radius 1 is 1.46 bits per heavy atom. The number of carbonyl (C=O) groups is 1. The molecule has 0 aromatic carbocycles. The second-order valence-electron chi connectivity index (χ2n) is 3.41. The van der Waals surface area contributed by atoms with Gasteiger partial charge in [-0.3, -0.25) is 4.79 Å². The highest BCUT2D eigenvalue weighted by Crippen LogP contribution is 2.14. The summed E-state index contributed by atoms with van der Waals surface area (Å²) in [5.74, 6) is -0.379. The quantitative estimate of drug-likeness (QED) is 0.566. The van der Waals surface area contributed by atoms with Crippen molar-refractivity contribution in [1.29, 1.82) is 0 Å². The summed E-state index contributed by atoms with van der Waals surface area (Å²) in [5.41, 5.74) is 0. The van der Waals surface area contributed by atoms with Gasteiger partial charge in [0.15, 0.2) is 0 Å². The molecule has 0 aliphatic heterocycles. The van der Waals surface area contributed by atoms with E-state index >= 15 is 0 Å². The van der Waals surface area contributed by atoms with Crippen LogP contribution in [0.4, 0.5) is 0 Å². The molecule has 13 heavy (non-hydrogen) atoms. The fraction of sp³-hybridized carbons (Fsp3) is 0.833. The third-order valence-corrected chi connectivity index (χ3v) is 2.17. The minimum atomic E-state index is -2.61. The molecule has 0 bridgehead atoms. The number of hydrogen-bond donors (Lipinski definition) is 1. The van der Waals surface area contributed by atoms with Crippen molar-refractivity contribution in [3.05, 3.63) is 0 Å². The normalized spacial score (nSPS) is 12.5. The summed E-state index contributed by atoms with van der Waals surface area (Å²) in [5, 5.41) is 0. The first-order valence-electron chi connectivity index (χ1n) is 3.82. The summed E-state index contributed by atoms with van der Waals surface area (Å²) in [6.45, 7) is 5.59. The molecule has 7 heteroatoms. The van der Waals surface area contributed by atoms with E-state index in [0.717, 1.165) is 0 Å². The second-order valence-corrected chi connectivity index (χ2v) is 8.57. The Kier molecular flexibility index (Phi) is 5.32. The highest BCUT2D eigenvalue weighted by atomic mass is 31.1. The average Bonchev–Trinajstić information content (AvgIpc) is 1.81. The minimum Gasteiger partial charge on any atom is -0.520 e. The molecule has 0 spiro atoms. The Bertz CT molecular complexity index is 200. The topological polar surface area (TPSA) is 72.8 Å². The number of hydrogen-bond acceptors (Lipinski definition) is 4. The van der Waals surface area contributed by atoms with Gasteiger partial charge in [-0.15, -0.1) is 9.42 Å². The van der Waals surface area contributed by atoms with Crippen LogP contribution >= 0.6 is 8.25 Å². The molecule has 0 aromatic heterocycles. The molecule has 0 amide bonds. The van der Waals surface area contributed by atoms with Crippen molar-refractivity contribution in [3.63, 3.8) is 0 Å². The van der Waals surface area contributed by atoms with Gasteiger partial charge in [0, 0.05) is 4.57 Å². The lowest BCUT2D eigenvalue weighted by atomic mass is 10.5. The van der Waals surface area contributed by atoms with Gasteiger partial charge in [-0.2, -0.15) is 0 Å². The van der Waals surface area contributed by atoms with Gasteiger partial charge in [0.2, 0.25) is 8.32 Å². The molecule has 1 N–H and O–H groups in total. The average molecular weight is 225 g/mol. The molecule has 5 nitrogen and oxygen atoms in total. The summed E-state index contributed by atoms with van der Waals surface area (Å²) in [4.78, 5) is 19.2. The first-order valence-corrected chi connectivity index (χ1v) is 8.36. The first-order chi connectivity index (χ1) is 5.81. The van der Waals surface area contributed by atoms with Crippen molar-refractivity contribution >= 4 is 22.5 Å². The summed E-state index contributed by atoms with van der Waals surface area (Å²) >= 11 is 0. The Labute approximate surface area is 79.1 Å². The summed E-state index contributed by atoms with van der Waals surface area (Å²) in [7, 11) is -4.45. The molecule has 0 saturated heterocycles. The molecule has 0 heterocycles. The molecular formula is C6H14O5PSi+. The maximum atomic E-state index is 11.0. The van der Waals surface area contributed by atoms with Crippen molar-refractivity contribution in [2.75, 3.05) is 6.61 Å². The van der Waals surface area contributed by atoms with Crippen molar-refractivity contribution in [1.82, 2.24) is 0 Å². The van der Waals surface area contributed by atoms with E-state index in [2.05, 4.69) is 4.52 Å². The second kappa shape index (κ2) is 5.44. The van der Waals surface area contributed by atoms with Gasteiger partial charge in [-0.25, -0.2) is 0 Å². The molecule has 0 saturated carbocycles. The van der Waals surface area contributed by atoms with E-state index in [1.54, 1.807) is 0 Å². The van der Waals surface area contributed by atoms with Crippen LogP contribution in [0.15, 0.2) is 0 Å². The van der Waals surface area contributed by atoms with Gasteiger partial charge in [0.1, 0.15) is 6.61 Å². The maximum absolute atomic E-state index is 11.0. The molecule has 0 radical (unpaired) electrons. The molecule has 1 atom stereocenters. The van der Waals surface area contributed by atoms with Gasteiger partial charge >= 0.3 is 8.25 Å². The molecular weight excluding hydrogens is 211 g/mol. The lowest BCUT2D eigenvalue weighted by Crippen LogP contribution is -2.29. The zero-order valence-corrected chi connectivity index (χ0v) is 9.84. The number of rotatable bonds is 5. The summed E-state index contributed by atoms with van der Waals surface area (Å²) in [6, 6.07) is 0. The molecule has 0 rings (SSSR count). The third kappa shape index (κ3) is 9.62. The van der Waals surface area contributed by atoms with E-state index in [1.807, 2.05) is 19.6 Å². The van der Waals surface area contributed by atoms with Crippen molar-refractivity contribution in [2.45, 2.75) is 26.1 Å². The fourth-order valence-corrected chi connectivity index (χ4v) is 1.63. The Balaban J connectivity index is 3.59. The molecule has 76 valence electrons. The van der Waals surface area contributed by atoms with E-state index in [9.17, 15) is 9.36 Å². The van der Waals surface area contributed by atoms with Crippen LogP contribution in [0.5, 0.6) is 0 Å². The fourth-order valence-electron chi connectivity index (χ4n) is 0.600. The third-order valence-electron chi connectivity index (χ3n) is 0.928. The summed E-state index contributed by atoms with van der Waals surface area (Å²) in [6.07, 6.45) is 0.0197. The number of carbonyl (C=O) groups excluding carboxylic acids is 1. The van der Waals surface area contributed by atoms with Crippen LogP contribution in [-0.4, -0.2) is 25.8 Å². The Morgan fingerprint density at radius 3 is 2.38 bits per heavy atom. The predicted molar refractivity (Wildman–Crippen MR) is 49.8 cm³/mol.